The van der Waals surface area contributed by atoms with Gasteiger partial charge in [-0.2, -0.15) is 10.5 Å². The first kappa shape index (κ1) is 17.0. The fourth-order valence-electron chi connectivity index (χ4n) is 2.51. The highest BCUT2D eigenvalue weighted by Gasteiger charge is 1.96. The summed E-state index contributed by atoms with van der Waals surface area (Å²) in [6, 6.07) is 27.5. The van der Waals surface area contributed by atoms with E-state index in [4.69, 9.17) is 10.5 Å². The lowest BCUT2D eigenvalue weighted by molar-refractivity contribution is 1.47. The van der Waals surface area contributed by atoms with E-state index < -0.39 is 0 Å². The van der Waals surface area contributed by atoms with E-state index in [0.717, 1.165) is 22.3 Å². The molecule has 3 rings (SSSR count). The van der Waals surface area contributed by atoms with Crippen molar-refractivity contribution in [1.82, 2.24) is 0 Å². The number of hydrogen-bond acceptors (Lipinski definition) is 2. The molecule has 2 nitrogen and oxygen atoms in total. The highest BCUT2D eigenvalue weighted by Crippen LogP contribution is 2.14. The minimum Gasteiger partial charge on any atom is -0.192 e. The van der Waals surface area contributed by atoms with Gasteiger partial charge in [0.05, 0.1) is 23.3 Å². The second-order valence-electron chi connectivity index (χ2n) is 5.77. The molecular formula is C24H16N2. The summed E-state index contributed by atoms with van der Waals surface area (Å²) < 4.78 is 0. The van der Waals surface area contributed by atoms with Gasteiger partial charge >= 0.3 is 0 Å². The molecule has 0 unspecified atom stereocenters. The fourth-order valence-corrected chi connectivity index (χ4v) is 2.51. The monoisotopic (exact) mass is 332 g/mol. The average molecular weight is 332 g/mol. The topological polar surface area (TPSA) is 47.6 Å². The Balaban J connectivity index is 1.70. The molecule has 0 aliphatic heterocycles. The highest BCUT2D eigenvalue weighted by molar-refractivity contribution is 5.74. The standard InChI is InChI=1S/C24H16N2/c25-17-22-13-11-20(12-14-22)6-5-19-7-9-21(10-8-19)15-16-23-3-1-2-4-24(23)18-26/h1-16H/b6-5-,16-15-. The van der Waals surface area contributed by atoms with E-state index in [0.29, 0.717) is 11.1 Å². The van der Waals surface area contributed by atoms with Crippen molar-refractivity contribution < 1.29 is 0 Å². The SMILES string of the molecule is N#Cc1ccc(/C=C\c2ccc(/C=C\c3ccccc3C#N)cc2)cc1. The number of benzene rings is 3. The summed E-state index contributed by atoms with van der Waals surface area (Å²) in [7, 11) is 0. The molecule has 0 saturated heterocycles. The van der Waals surface area contributed by atoms with Gasteiger partial charge in [-0.05, 0) is 40.5 Å². The molecular weight excluding hydrogens is 316 g/mol. The number of hydrogen-bond donors (Lipinski definition) is 0. The third kappa shape index (κ3) is 4.35. The summed E-state index contributed by atoms with van der Waals surface area (Å²) in [6.45, 7) is 0. The summed E-state index contributed by atoms with van der Waals surface area (Å²) in [5.74, 6) is 0. The molecule has 0 atom stereocenters. The van der Waals surface area contributed by atoms with Crippen LogP contribution in [-0.2, 0) is 0 Å². The Morgan fingerprint density at radius 1 is 0.538 bits per heavy atom. The van der Waals surface area contributed by atoms with Crippen molar-refractivity contribution in [2.75, 3.05) is 0 Å². The third-order valence-corrected chi connectivity index (χ3v) is 3.98. The van der Waals surface area contributed by atoms with Crippen LogP contribution in [0, 0.1) is 22.7 Å². The van der Waals surface area contributed by atoms with E-state index in [-0.39, 0.29) is 0 Å². The van der Waals surface area contributed by atoms with Crippen molar-refractivity contribution in [3.05, 3.63) is 106 Å². The van der Waals surface area contributed by atoms with Gasteiger partial charge in [-0.3, -0.25) is 0 Å². The van der Waals surface area contributed by atoms with Gasteiger partial charge in [0.15, 0.2) is 0 Å². The Morgan fingerprint density at radius 2 is 1.04 bits per heavy atom. The maximum atomic E-state index is 9.13. The van der Waals surface area contributed by atoms with Crippen molar-refractivity contribution in [3.8, 4) is 12.1 Å². The van der Waals surface area contributed by atoms with Crippen LogP contribution in [0.2, 0.25) is 0 Å². The molecule has 0 bridgehead atoms. The molecule has 0 spiro atoms. The fraction of sp³-hybridized carbons (Fsp3) is 0. The summed E-state index contributed by atoms with van der Waals surface area (Å²) >= 11 is 0. The van der Waals surface area contributed by atoms with Gasteiger partial charge in [-0.1, -0.05) is 78.9 Å². The van der Waals surface area contributed by atoms with E-state index in [1.807, 2.05) is 85.0 Å². The van der Waals surface area contributed by atoms with Crippen LogP contribution in [0.5, 0.6) is 0 Å². The Morgan fingerprint density at radius 3 is 1.58 bits per heavy atom. The molecule has 26 heavy (non-hydrogen) atoms. The van der Waals surface area contributed by atoms with Crippen molar-refractivity contribution in [2.24, 2.45) is 0 Å². The van der Waals surface area contributed by atoms with Gasteiger partial charge < -0.3 is 0 Å². The molecule has 0 heterocycles. The van der Waals surface area contributed by atoms with Gasteiger partial charge in [0.25, 0.3) is 0 Å². The Kier molecular flexibility index (Phi) is 5.41. The molecule has 0 saturated carbocycles. The Labute approximate surface area is 153 Å². The zero-order valence-corrected chi connectivity index (χ0v) is 14.1. The lowest BCUT2D eigenvalue weighted by Crippen LogP contribution is -1.80. The number of nitriles is 2. The van der Waals surface area contributed by atoms with Crippen molar-refractivity contribution >= 4 is 24.3 Å². The molecule has 0 aliphatic carbocycles. The molecule has 0 amide bonds. The zero-order valence-electron chi connectivity index (χ0n) is 14.1. The predicted octanol–water partition coefficient (Wildman–Crippen LogP) is 5.77. The van der Waals surface area contributed by atoms with Crippen molar-refractivity contribution in [3.63, 3.8) is 0 Å². The van der Waals surface area contributed by atoms with E-state index in [2.05, 4.69) is 24.3 Å². The lowest BCUT2D eigenvalue weighted by atomic mass is 10.1. The van der Waals surface area contributed by atoms with Crippen LogP contribution in [0.1, 0.15) is 33.4 Å². The van der Waals surface area contributed by atoms with Gasteiger partial charge in [-0.25, -0.2) is 0 Å². The molecule has 0 fully saturated rings. The van der Waals surface area contributed by atoms with Crippen LogP contribution in [0.4, 0.5) is 0 Å². The molecule has 3 aromatic carbocycles. The predicted molar refractivity (Wildman–Crippen MR) is 107 cm³/mol. The van der Waals surface area contributed by atoms with Gasteiger partial charge in [0.2, 0.25) is 0 Å². The second-order valence-corrected chi connectivity index (χ2v) is 5.77. The maximum absolute atomic E-state index is 9.13. The first-order chi connectivity index (χ1) is 12.8. The number of rotatable bonds is 4. The first-order valence-electron chi connectivity index (χ1n) is 8.24. The van der Waals surface area contributed by atoms with Gasteiger partial charge in [0.1, 0.15) is 0 Å². The minimum absolute atomic E-state index is 0.663. The van der Waals surface area contributed by atoms with Crippen molar-refractivity contribution in [1.29, 1.82) is 10.5 Å². The summed E-state index contributed by atoms with van der Waals surface area (Å²) in [5.41, 5.74) is 5.49. The van der Waals surface area contributed by atoms with Crippen LogP contribution < -0.4 is 0 Å². The van der Waals surface area contributed by atoms with E-state index in [9.17, 15) is 0 Å². The van der Waals surface area contributed by atoms with Crippen LogP contribution in [0.3, 0.4) is 0 Å². The van der Waals surface area contributed by atoms with Crippen LogP contribution in [0.15, 0.2) is 72.8 Å². The summed E-state index contributed by atoms with van der Waals surface area (Å²) in [4.78, 5) is 0. The molecule has 0 N–H and O–H groups in total. The van der Waals surface area contributed by atoms with Crippen LogP contribution >= 0.6 is 0 Å². The zero-order chi connectivity index (χ0) is 18.2. The normalized spacial score (nSPS) is 10.7. The lowest BCUT2D eigenvalue weighted by Gasteiger charge is -1.99. The second kappa shape index (κ2) is 8.29. The Bertz CT molecular complexity index is 1030. The smallest absolute Gasteiger partial charge is 0.0997 e. The third-order valence-electron chi connectivity index (χ3n) is 3.98. The van der Waals surface area contributed by atoms with Gasteiger partial charge in [0, 0.05) is 0 Å². The highest BCUT2D eigenvalue weighted by atomic mass is 14.2. The maximum Gasteiger partial charge on any atom is 0.0997 e. The van der Waals surface area contributed by atoms with Crippen molar-refractivity contribution in [2.45, 2.75) is 0 Å². The van der Waals surface area contributed by atoms with E-state index in [1.54, 1.807) is 0 Å². The van der Waals surface area contributed by atoms with Crippen LogP contribution in [-0.4, -0.2) is 0 Å². The summed E-state index contributed by atoms with van der Waals surface area (Å²) in [6.07, 6.45) is 8.03. The first-order valence-corrected chi connectivity index (χ1v) is 8.24. The molecule has 0 aromatic heterocycles. The quantitative estimate of drug-likeness (QED) is 0.569. The number of nitrogens with zero attached hydrogens (tertiary/aromatic N) is 2. The molecule has 0 aliphatic rings. The molecule has 3 aromatic rings. The molecule has 2 heteroatoms. The summed E-state index contributed by atoms with van der Waals surface area (Å²) in [5, 5.41) is 17.9. The molecule has 0 radical (unpaired) electrons. The van der Waals surface area contributed by atoms with Gasteiger partial charge in [-0.15, -0.1) is 0 Å². The molecule has 122 valence electrons. The van der Waals surface area contributed by atoms with Crippen LogP contribution in [0.25, 0.3) is 24.3 Å². The largest absolute Gasteiger partial charge is 0.192 e. The average Bonchev–Trinajstić information content (AvgIpc) is 2.72. The van der Waals surface area contributed by atoms with E-state index >= 15 is 0 Å². The Hall–Kier alpha value is -3.88. The van der Waals surface area contributed by atoms with E-state index in [1.165, 1.54) is 0 Å². The minimum atomic E-state index is 0.663.